The van der Waals surface area contributed by atoms with Crippen molar-refractivity contribution in [2.75, 3.05) is 23.5 Å². The van der Waals surface area contributed by atoms with E-state index in [2.05, 4.69) is 34.6 Å². The Morgan fingerprint density at radius 3 is 2.59 bits per heavy atom. The van der Waals surface area contributed by atoms with Gasteiger partial charge in [0.05, 0.1) is 28.4 Å². The molecule has 1 aliphatic carbocycles. The number of hydrogen-bond donors (Lipinski definition) is 1. The molecule has 37 heavy (non-hydrogen) atoms. The van der Waals surface area contributed by atoms with Crippen molar-refractivity contribution in [3.05, 3.63) is 75.6 Å². The van der Waals surface area contributed by atoms with E-state index in [9.17, 15) is 13.7 Å². The van der Waals surface area contributed by atoms with Crippen molar-refractivity contribution < 1.29 is 17.9 Å². The van der Waals surface area contributed by atoms with Crippen molar-refractivity contribution in [3.63, 3.8) is 0 Å². The van der Waals surface area contributed by atoms with Crippen LogP contribution in [0.4, 0.5) is 5.95 Å². The number of halogens is 2. The van der Waals surface area contributed by atoms with E-state index in [1.807, 2.05) is 30.3 Å². The number of alkyl halides is 1. The van der Waals surface area contributed by atoms with Crippen LogP contribution in [0.1, 0.15) is 54.3 Å². The Bertz CT molecular complexity index is 1450. The van der Waals surface area contributed by atoms with Crippen molar-refractivity contribution in [3.8, 4) is 17.6 Å². The summed E-state index contributed by atoms with van der Waals surface area (Å²) in [5.74, 6) is 1.32. The average molecular weight is 561 g/mol. The van der Waals surface area contributed by atoms with E-state index in [4.69, 9.17) is 32.7 Å². The van der Waals surface area contributed by atoms with E-state index in [-0.39, 0.29) is 18.7 Å². The summed E-state index contributed by atoms with van der Waals surface area (Å²) < 4.78 is 37.2. The minimum absolute atomic E-state index is 0.0309. The number of anilines is 1. The summed E-state index contributed by atoms with van der Waals surface area (Å²) in [5, 5.41) is 10.00. The standard InChI is InChI=1S/C26H26Cl2N4O4S/c1-26(2,19-12-17(14-29)24(21(28)13-19)35-11-10-27)18-5-7-20(8-6-18)36-22-9-4-16-15-30-25(31-23(16)22)32-37(3,33)34/h5-8,12-13,15,22H,4,9-11H2,1-3H3,(H,30,31,32). The van der Waals surface area contributed by atoms with Gasteiger partial charge in [-0.15, -0.1) is 11.6 Å². The lowest BCUT2D eigenvalue weighted by Crippen LogP contribution is -2.19. The van der Waals surface area contributed by atoms with Gasteiger partial charge in [-0.2, -0.15) is 5.26 Å². The maximum atomic E-state index is 11.5. The van der Waals surface area contributed by atoms with Crippen LogP contribution in [0, 0.1) is 11.3 Å². The lowest BCUT2D eigenvalue weighted by atomic mass is 9.77. The van der Waals surface area contributed by atoms with Gasteiger partial charge in [0.1, 0.15) is 24.5 Å². The van der Waals surface area contributed by atoms with Crippen molar-refractivity contribution in [1.82, 2.24) is 9.97 Å². The summed E-state index contributed by atoms with van der Waals surface area (Å²) in [4.78, 5) is 8.46. The molecule has 0 amide bonds. The second-order valence-electron chi connectivity index (χ2n) is 9.26. The first-order valence-electron chi connectivity index (χ1n) is 11.6. The van der Waals surface area contributed by atoms with Gasteiger partial charge in [0.2, 0.25) is 16.0 Å². The number of hydrogen-bond acceptors (Lipinski definition) is 7. The minimum Gasteiger partial charge on any atom is -0.489 e. The average Bonchev–Trinajstić information content (AvgIpc) is 3.24. The van der Waals surface area contributed by atoms with E-state index in [0.717, 1.165) is 29.4 Å². The number of nitrogens with one attached hydrogen (secondary N) is 1. The molecular formula is C26H26Cl2N4O4S. The van der Waals surface area contributed by atoms with Crippen molar-refractivity contribution in [1.29, 1.82) is 5.26 Å². The Hall–Kier alpha value is -3.06. The third-order valence-corrected chi connectivity index (χ3v) is 7.21. The molecule has 0 aliphatic heterocycles. The predicted octanol–water partition coefficient (Wildman–Crippen LogP) is 5.38. The van der Waals surface area contributed by atoms with Crippen LogP contribution in [0.5, 0.6) is 11.5 Å². The van der Waals surface area contributed by atoms with Gasteiger partial charge in [-0.1, -0.05) is 37.6 Å². The summed E-state index contributed by atoms with van der Waals surface area (Å²) >= 11 is 12.2. The van der Waals surface area contributed by atoms with Crippen LogP contribution in [0.15, 0.2) is 42.6 Å². The second kappa shape index (κ2) is 10.7. The molecule has 11 heteroatoms. The van der Waals surface area contributed by atoms with Crippen molar-refractivity contribution in [2.45, 2.75) is 38.2 Å². The van der Waals surface area contributed by atoms with Crippen LogP contribution >= 0.6 is 23.2 Å². The van der Waals surface area contributed by atoms with E-state index in [1.165, 1.54) is 0 Å². The van der Waals surface area contributed by atoms with Crippen LogP contribution in [0.2, 0.25) is 5.02 Å². The maximum Gasteiger partial charge on any atom is 0.236 e. The summed E-state index contributed by atoms with van der Waals surface area (Å²) in [6.45, 7) is 4.36. The third kappa shape index (κ3) is 6.09. The van der Waals surface area contributed by atoms with Gasteiger partial charge in [0.15, 0.2) is 5.75 Å². The largest absolute Gasteiger partial charge is 0.489 e. The molecule has 0 bridgehead atoms. The smallest absolute Gasteiger partial charge is 0.236 e. The highest BCUT2D eigenvalue weighted by Crippen LogP contribution is 2.39. The van der Waals surface area contributed by atoms with Gasteiger partial charge < -0.3 is 9.47 Å². The van der Waals surface area contributed by atoms with Gasteiger partial charge in [-0.3, -0.25) is 4.72 Å². The zero-order valence-electron chi connectivity index (χ0n) is 20.6. The molecule has 1 unspecified atom stereocenters. The molecule has 0 radical (unpaired) electrons. The molecule has 3 aromatic rings. The number of aromatic nitrogens is 2. The molecular weight excluding hydrogens is 535 g/mol. The van der Waals surface area contributed by atoms with E-state index < -0.39 is 15.4 Å². The monoisotopic (exact) mass is 560 g/mol. The molecule has 0 fully saturated rings. The van der Waals surface area contributed by atoms with Gasteiger partial charge in [-0.25, -0.2) is 18.4 Å². The van der Waals surface area contributed by atoms with Gasteiger partial charge >= 0.3 is 0 Å². The van der Waals surface area contributed by atoms with Crippen LogP contribution in [-0.2, 0) is 21.9 Å². The van der Waals surface area contributed by atoms with Gasteiger partial charge in [-0.05, 0) is 53.8 Å². The molecule has 2 aromatic carbocycles. The number of benzene rings is 2. The Balaban J connectivity index is 1.54. The zero-order chi connectivity index (χ0) is 26.8. The lowest BCUT2D eigenvalue weighted by Gasteiger charge is -2.27. The molecule has 0 saturated heterocycles. The summed E-state index contributed by atoms with van der Waals surface area (Å²) in [7, 11) is -3.48. The summed E-state index contributed by atoms with van der Waals surface area (Å²) in [6, 6.07) is 13.5. The second-order valence-corrected chi connectivity index (χ2v) is 11.8. The van der Waals surface area contributed by atoms with Crippen LogP contribution in [0.3, 0.4) is 0 Å². The number of nitriles is 1. The Labute approximate surface area is 226 Å². The molecule has 8 nitrogen and oxygen atoms in total. The first kappa shape index (κ1) is 27.0. The fourth-order valence-corrected chi connectivity index (χ4v) is 5.03. The molecule has 1 N–H and O–H groups in total. The van der Waals surface area contributed by atoms with Gasteiger partial charge in [0.25, 0.3) is 0 Å². The number of rotatable bonds is 9. The Kier molecular flexibility index (Phi) is 7.83. The minimum atomic E-state index is -3.48. The number of ether oxygens (including phenoxy) is 2. The maximum absolute atomic E-state index is 11.5. The SMILES string of the molecule is CC(C)(c1ccc(OC2CCc3cnc(NS(C)(=O)=O)nc32)cc1)c1cc(Cl)c(OCCCl)c(C#N)c1. The molecule has 194 valence electrons. The fourth-order valence-electron chi connectivity index (χ4n) is 4.25. The highest BCUT2D eigenvalue weighted by atomic mass is 35.5. The van der Waals surface area contributed by atoms with Crippen molar-refractivity contribution >= 4 is 39.2 Å². The Morgan fingerprint density at radius 1 is 1.22 bits per heavy atom. The predicted molar refractivity (Wildman–Crippen MR) is 143 cm³/mol. The normalized spacial score (nSPS) is 15.1. The van der Waals surface area contributed by atoms with Crippen LogP contribution in [-0.4, -0.2) is 37.1 Å². The molecule has 0 saturated carbocycles. The number of aryl methyl sites for hydroxylation is 1. The molecule has 1 aliphatic rings. The molecule has 4 rings (SSSR count). The quantitative estimate of drug-likeness (QED) is 0.349. The Morgan fingerprint density at radius 2 is 1.95 bits per heavy atom. The molecule has 1 atom stereocenters. The molecule has 1 aromatic heterocycles. The van der Waals surface area contributed by atoms with Crippen molar-refractivity contribution in [2.24, 2.45) is 0 Å². The number of nitrogens with zero attached hydrogens (tertiary/aromatic N) is 3. The highest BCUT2D eigenvalue weighted by Gasteiger charge is 2.29. The van der Waals surface area contributed by atoms with E-state index in [1.54, 1.807) is 12.3 Å². The lowest BCUT2D eigenvalue weighted by molar-refractivity contribution is 0.203. The third-order valence-electron chi connectivity index (χ3n) is 6.22. The number of sulfonamides is 1. The summed E-state index contributed by atoms with van der Waals surface area (Å²) in [5.41, 5.74) is 3.38. The van der Waals surface area contributed by atoms with E-state index in [0.29, 0.717) is 40.1 Å². The molecule has 0 spiro atoms. The highest BCUT2D eigenvalue weighted by molar-refractivity contribution is 7.91. The number of fused-ring (bicyclic) bond motifs is 1. The van der Waals surface area contributed by atoms with E-state index >= 15 is 0 Å². The molecule has 1 heterocycles. The topological polar surface area (TPSA) is 114 Å². The summed E-state index contributed by atoms with van der Waals surface area (Å²) in [6.07, 6.45) is 3.84. The van der Waals surface area contributed by atoms with Crippen LogP contribution < -0.4 is 14.2 Å². The van der Waals surface area contributed by atoms with Gasteiger partial charge in [0, 0.05) is 11.6 Å². The first-order chi connectivity index (χ1) is 17.5. The zero-order valence-corrected chi connectivity index (χ0v) is 22.9. The fraction of sp³-hybridized carbons (Fsp3) is 0.346. The van der Waals surface area contributed by atoms with Crippen LogP contribution in [0.25, 0.3) is 0 Å². The first-order valence-corrected chi connectivity index (χ1v) is 14.4.